The van der Waals surface area contributed by atoms with E-state index in [0.29, 0.717) is 13.0 Å². The van der Waals surface area contributed by atoms with Crippen molar-refractivity contribution in [3.8, 4) is 0 Å². The summed E-state index contributed by atoms with van der Waals surface area (Å²) in [5, 5.41) is 0. The van der Waals surface area contributed by atoms with Crippen LogP contribution in [0, 0.1) is 5.92 Å². The number of benzene rings is 1. The largest absolute Gasteiger partial charge is 0.466 e. The Morgan fingerprint density at radius 1 is 1.29 bits per heavy atom. The predicted molar refractivity (Wildman–Crippen MR) is 69.7 cm³/mol. The number of allylic oxidation sites excluding steroid dienone is 1. The molecule has 1 aromatic carbocycles. The summed E-state index contributed by atoms with van der Waals surface area (Å²) >= 11 is 0. The second kappa shape index (κ2) is 7.66. The van der Waals surface area contributed by atoms with Crippen LogP contribution in [0.5, 0.6) is 0 Å². The lowest BCUT2D eigenvalue weighted by molar-refractivity contribution is -0.146. The number of esters is 1. The highest BCUT2D eigenvalue weighted by Gasteiger charge is 2.16. The average molecular weight is 232 g/mol. The van der Waals surface area contributed by atoms with Crippen LogP contribution < -0.4 is 0 Å². The van der Waals surface area contributed by atoms with Crippen molar-refractivity contribution >= 4 is 5.97 Å². The Balaban J connectivity index is 2.70. The van der Waals surface area contributed by atoms with Crippen LogP contribution in [0.1, 0.15) is 25.8 Å². The van der Waals surface area contributed by atoms with Crippen molar-refractivity contribution in [2.24, 2.45) is 5.92 Å². The fraction of sp³-hybridized carbons (Fsp3) is 0.400. The van der Waals surface area contributed by atoms with E-state index in [0.717, 1.165) is 12.0 Å². The van der Waals surface area contributed by atoms with E-state index in [2.05, 4.69) is 6.92 Å². The zero-order valence-corrected chi connectivity index (χ0v) is 10.6. The van der Waals surface area contributed by atoms with Crippen molar-refractivity contribution in [3.63, 3.8) is 0 Å². The molecule has 1 rings (SSSR count). The van der Waals surface area contributed by atoms with Crippen LogP contribution in [0.2, 0.25) is 0 Å². The summed E-state index contributed by atoms with van der Waals surface area (Å²) in [6, 6.07) is 10.0. The van der Waals surface area contributed by atoms with Gasteiger partial charge in [0.25, 0.3) is 0 Å². The summed E-state index contributed by atoms with van der Waals surface area (Å²) in [5.74, 6) is -0.307. The molecular formula is C15H20O2. The molecule has 0 amide bonds. The average Bonchev–Trinajstić information content (AvgIpc) is 2.36. The number of hydrogen-bond donors (Lipinski definition) is 0. The lowest BCUT2D eigenvalue weighted by Crippen LogP contribution is -2.18. The summed E-state index contributed by atoms with van der Waals surface area (Å²) in [4.78, 5) is 11.8. The Bertz CT molecular complexity index is 354. The van der Waals surface area contributed by atoms with E-state index >= 15 is 0 Å². The van der Waals surface area contributed by atoms with Crippen LogP contribution in [0.4, 0.5) is 0 Å². The Labute approximate surface area is 103 Å². The molecule has 0 aromatic heterocycles. The molecule has 2 nitrogen and oxygen atoms in total. The lowest BCUT2D eigenvalue weighted by atomic mass is 9.98. The Kier molecular flexibility index (Phi) is 6.08. The van der Waals surface area contributed by atoms with Crippen LogP contribution in [-0.4, -0.2) is 12.6 Å². The van der Waals surface area contributed by atoms with E-state index in [-0.39, 0.29) is 11.9 Å². The minimum Gasteiger partial charge on any atom is -0.466 e. The number of rotatable bonds is 6. The van der Waals surface area contributed by atoms with Crippen molar-refractivity contribution in [1.29, 1.82) is 0 Å². The Morgan fingerprint density at radius 2 is 2.00 bits per heavy atom. The van der Waals surface area contributed by atoms with E-state index in [1.54, 1.807) is 0 Å². The molecule has 1 unspecified atom stereocenters. The first-order valence-corrected chi connectivity index (χ1v) is 6.15. The van der Waals surface area contributed by atoms with Gasteiger partial charge in [0.05, 0.1) is 12.5 Å². The molecule has 0 aliphatic rings. The molecule has 0 saturated heterocycles. The molecule has 92 valence electrons. The van der Waals surface area contributed by atoms with Gasteiger partial charge in [-0.25, -0.2) is 0 Å². The lowest BCUT2D eigenvalue weighted by Gasteiger charge is -2.11. The maximum Gasteiger partial charge on any atom is 0.313 e. The van der Waals surface area contributed by atoms with Crippen LogP contribution in [0.15, 0.2) is 42.5 Å². The third kappa shape index (κ3) is 4.85. The first-order chi connectivity index (χ1) is 8.27. The number of carbonyl (C=O) groups excluding carboxylic acids is 1. The molecule has 0 heterocycles. The van der Waals surface area contributed by atoms with E-state index < -0.39 is 0 Å². The molecule has 0 spiro atoms. The van der Waals surface area contributed by atoms with Crippen LogP contribution in [0.25, 0.3) is 0 Å². The van der Waals surface area contributed by atoms with Crippen LogP contribution >= 0.6 is 0 Å². The minimum atomic E-state index is -0.169. The molecule has 0 aliphatic carbocycles. The van der Waals surface area contributed by atoms with Crippen molar-refractivity contribution in [2.45, 2.75) is 26.7 Å². The standard InChI is InChI=1S/C15H20O2/c1-3-5-11-14(15(16)17-4-2)12-13-9-7-6-8-10-13/h5-11,14H,3-4,12H2,1-2H3/b11-5-. The maximum atomic E-state index is 11.8. The smallest absolute Gasteiger partial charge is 0.313 e. The molecule has 17 heavy (non-hydrogen) atoms. The summed E-state index contributed by atoms with van der Waals surface area (Å²) in [6.07, 6.45) is 5.61. The molecule has 0 radical (unpaired) electrons. The molecule has 1 atom stereocenters. The van der Waals surface area contributed by atoms with Gasteiger partial charge in [-0.15, -0.1) is 0 Å². The third-order valence-corrected chi connectivity index (χ3v) is 2.49. The van der Waals surface area contributed by atoms with Crippen LogP contribution in [0.3, 0.4) is 0 Å². The van der Waals surface area contributed by atoms with Gasteiger partial charge in [-0.05, 0) is 25.3 Å². The predicted octanol–water partition coefficient (Wildman–Crippen LogP) is 3.37. The molecule has 2 heteroatoms. The second-order valence-corrected chi connectivity index (χ2v) is 3.88. The van der Waals surface area contributed by atoms with Gasteiger partial charge in [-0.2, -0.15) is 0 Å². The van der Waals surface area contributed by atoms with Gasteiger partial charge in [0.15, 0.2) is 0 Å². The van der Waals surface area contributed by atoms with Crippen LogP contribution in [-0.2, 0) is 16.0 Å². The van der Waals surface area contributed by atoms with Gasteiger partial charge in [0.2, 0.25) is 0 Å². The monoisotopic (exact) mass is 232 g/mol. The summed E-state index contributed by atoms with van der Waals surface area (Å²) in [5.41, 5.74) is 1.16. The zero-order valence-electron chi connectivity index (χ0n) is 10.6. The van der Waals surface area contributed by atoms with Gasteiger partial charge >= 0.3 is 5.97 Å². The second-order valence-electron chi connectivity index (χ2n) is 3.88. The Morgan fingerprint density at radius 3 is 2.59 bits per heavy atom. The van der Waals surface area contributed by atoms with Gasteiger partial charge in [0, 0.05) is 0 Å². The summed E-state index contributed by atoms with van der Waals surface area (Å²) in [7, 11) is 0. The van der Waals surface area contributed by atoms with Gasteiger partial charge in [-0.1, -0.05) is 49.4 Å². The first kappa shape index (κ1) is 13.5. The van der Waals surface area contributed by atoms with Gasteiger partial charge < -0.3 is 4.74 Å². The van der Waals surface area contributed by atoms with Crippen molar-refractivity contribution < 1.29 is 9.53 Å². The molecule has 0 N–H and O–H groups in total. The van der Waals surface area contributed by atoms with Gasteiger partial charge in [0.1, 0.15) is 0 Å². The van der Waals surface area contributed by atoms with Crippen molar-refractivity contribution in [1.82, 2.24) is 0 Å². The number of hydrogen-bond acceptors (Lipinski definition) is 2. The fourth-order valence-electron chi connectivity index (χ4n) is 1.65. The minimum absolute atomic E-state index is 0.138. The molecule has 0 aliphatic heterocycles. The van der Waals surface area contributed by atoms with E-state index in [9.17, 15) is 4.79 Å². The van der Waals surface area contributed by atoms with Crippen molar-refractivity contribution in [3.05, 3.63) is 48.0 Å². The molecular weight excluding hydrogens is 212 g/mol. The molecule has 0 fully saturated rings. The van der Waals surface area contributed by atoms with E-state index in [4.69, 9.17) is 4.74 Å². The number of ether oxygens (including phenoxy) is 1. The zero-order chi connectivity index (χ0) is 12.5. The highest BCUT2D eigenvalue weighted by molar-refractivity contribution is 5.74. The summed E-state index contributed by atoms with van der Waals surface area (Å²) < 4.78 is 5.08. The summed E-state index contributed by atoms with van der Waals surface area (Å²) in [6.45, 7) is 4.33. The molecule has 0 bridgehead atoms. The number of carbonyl (C=O) groups is 1. The quantitative estimate of drug-likeness (QED) is 0.555. The maximum absolute atomic E-state index is 11.8. The topological polar surface area (TPSA) is 26.3 Å². The van der Waals surface area contributed by atoms with Gasteiger partial charge in [-0.3, -0.25) is 4.79 Å². The van der Waals surface area contributed by atoms with Crippen molar-refractivity contribution in [2.75, 3.05) is 6.61 Å². The highest BCUT2D eigenvalue weighted by atomic mass is 16.5. The fourth-order valence-corrected chi connectivity index (χ4v) is 1.65. The third-order valence-electron chi connectivity index (χ3n) is 2.49. The first-order valence-electron chi connectivity index (χ1n) is 6.15. The van der Waals surface area contributed by atoms with E-state index in [1.165, 1.54) is 0 Å². The Hall–Kier alpha value is -1.57. The SMILES string of the molecule is CC/C=C\C(Cc1ccccc1)C(=O)OCC. The molecule has 0 saturated carbocycles. The van der Waals surface area contributed by atoms with E-state index in [1.807, 2.05) is 49.4 Å². The molecule has 1 aromatic rings. The normalized spacial score (nSPS) is 12.6. The highest BCUT2D eigenvalue weighted by Crippen LogP contribution is 2.12.